The Kier molecular flexibility index (Phi) is 6.26. The van der Waals surface area contributed by atoms with Crippen LogP contribution >= 0.6 is 11.8 Å². The van der Waals surface area contributed by atoms with Gasteiger partial charge < -0.3 is 14.8 Å². The summed E-state index contributed by atoms with van der Waals surface area (Å²) in [5.41, 5.74) is 1.51. The van der Waals surface area contributed by atoms with Crippen LogP contribution in [-0.2, 0) is 21.1 Å². The van der Waals surface area contributed by atoms with Crippen LogP contribution < -0.4 is 4.74 Å². The van der Waals surface area contributed by atoms with Crippen molar-refractivity contribution in [2.24, 2.45) is 10.9 Å². The van der Waals surface area contributed by atoms with E-state index in [2.05, 4.69) is 11.1 Å². The molecule has 1 aromatic heterocycles. The Hall–Kier alpha value is -1.84. The van der Waals surface area contributed by atoms with Crippen molar-refractivity contribution >= 4 is 27.7 Å². The van der Waals surface area contributed by atoms with Crippen LogP contribution in [-0.4, -0.2) is 26.9 Å². The molecule has 2 aromatic carbocycles. The molecule has 1 N–H and O–H groups in total. The number of hydrogen-bond acceptors (Lipinski definition) is 5. The third-order valence-corrected chi connectivity index (χ3v) is 6.61. The number of ether oxygens (including phenoxy) is 1. The molecule has 1 saturated carbocycles. The van der Waals surface area contributed by atoms with Crippen LogP contribution in [0.4, 0.5) is 0 Å². The van der Waals surface area contributed by atoms with Crippen molar-refractivity contribution in [2.75, 3.05) is 5.75 Å². The van der Waals surface area contributed by atoms with Gasteiger partial charge in [-0.3, -0.25) is 0 Å². The molecule has 29 heavy (non-hydrogen) atoms. The van der Waals surface area contributed by atoms with Crippen LogP contribution in [0.1, 0.15) is 31.2 Å². The summed E-state index contributed by atoms with van der Waals surface area (Å²) in [4.78, 5) is 9.42. The standard InChI is InChI=1S/C23H21N2O2S.Pt/c26-20-10-4-7-16-11-12-21(25-22(16)20)27-18-9-3-8-17(13-18)23-24-19(14-28-23)15-5-1-2-6-15;/h3-4,7-12,15,19,26H,1-2,5-6,14H2;/q-1;/t19-;/m1./s1. The van der Waals surface area contributed by atoms with Gasteiger partial charge in [-0.05, 0) is 30.9 Å². The summed E-state index contributed by atoms with van der Waals surface area (Å²) in [6.07, 6.45) is 5.32. The maximum Gasteiger partial charge on any atom is 0.217 e. The Morgan fingerprint density at radius 3 is 2.72 bits per heavy atom. The number of aromatic nitrogens is 1. The monoisotopic (exact) mass is 584 g/mol. The number of aromatic hydroxyl groups is 1. The van der Waals surface area contributed by atoms with E-state index in [0.29, 0.717) is 23.2 Å². The molecular formula is C23H21N2O2PtS-. The second kappa shape index (κ2) is 8.89. The van der Waals surface area contributed by atoms with Gasteiger partial charge in [0.1, 0.15) is 11.3 Å². The number of benzene rings is 2. The molecule has 1 aliphatic heterocycles. The number of aliphatic imine (C=N–C) groups is 1. The Labute approximate surface area is 189 Å². The van der Waals surface area contributed by atoms with Gasteiger partial charge in [0.15, 0.2) is 0 Å². The average molecular weight is 585 g/mol. The SMILES string of the molecule is Oc1cccc2ccc(Oc3[c-]c(C4=N[C@@H](C5CCCC5)CS4)ccc3)nc12.[Pt]. The van der Waals surface area contributed by atoms with Crippen LogP contribution in [0.25, 0.3) is 10.9 Å². The number of thioether (sulfide) groups is 1. The van der Waals surface area contributed by atoms with E-state index in [1.165, 1.54) is 25.7 Å². The smallest absolute Gasteiger partial charge is 0.217 e. The molecule has 1 aliphatic carbocycles. The van der Waals surface area contributed by atoms with E-state index < -0.39 is 0 Å². The van der Waals surface area contributed by atoms with E-state index >= 15 is 0 Å². The van der Waals surface area contributed by atoms with Gasteiger partial charge in [0.2, 0.25) is 5.88 Å². The molecule has 0 bridgehead atoms. The quantitative estimate of drug-likeness (QED) is 0.407. The fourth-order valence-corrected chi connectivity index (χ4v) is 5.20. The first-order chi connectivity index (χ1) is 13.8. The van der Waals surface area contributed by atoms with Crippen molar-refractivity contribution in [2.45, 2.75) is 31.7 Å². The number of rotatable bonds is 4. The minimum atomic E-state index is 0. The molecule has 4 nitrogen and oxygen atoms in total. The molecule has 0 saturated heterocycles. The largest absolute Gasteiger partial charge is 0.506 e. The number of para-hydroxylation sites is 1. The summed E-state index contributed by atoms with van der Waals surface area (Å²) < 4.78 is 5.93. The van der Waals surface area contributed by atoms with Crippen LogP contribution in [0.3, 0.4) is 0 Å². The molecule has 1 fully saturated rings. The second-order valence-electron chi connectivity index (χ2n) is 7.39. The molecule has 0 unspecified atom stereocenters. The van der Waals surface area contributed by atoms with Crippen molar-refractivity contribution in [1.82, 2.24) is 4.98 Å². The Morgan fingerprint density at radius 1 is 1.03 bits per heavy atom. The Morgan fingerprint density at radius 2 is 1.86 bits per heavy atom. The van der Waals surface area contributed by atoms with Crippen LogP contribution in [0.2, 0.25) is 0 Å². The van der Waals surface area contributed by atoms with Crippen molar-refractivity contribution in [3.8, 4) is 17.4 Å². The van der Waals surface area contributed by atoms with Gasteiger partial charge in [-0.15, -0.1) is 23.8 Å². The van der Waals surface area contributed by atoms with Crippen LogP contribution in [0, 0.1) is 12.0 Å². The summed E-state index contributed by atoms with van der Waals surface area (Å²) in [5, 5.41) is 12.0. The first-order valence-corrected chi connectivity index (χ1v) is 10.7. The zero-order chi connectivity index (χ0) is 18.9. The molecule has 1 atom stereocenters. The van der Waals surface area contributed by atoms with Crippen molar-refractivity contribution in [3.05, 3.63) is 60.2 Å². The summed E-state index contributed by atoms with van der Waals surface area (Å²) in [6.45, 7) is 0. The zero-order valence-electron chi connectivity index (χ0n) is 15.8. The number of pyridine rings is 1. The molecule has 5 rings (SSSR count). The molecule has 2 heterocycles. The number of nitrogens with zero attached hydrogens (tertiary/aromatic N) is 2. The van der Waals surface area contributed by atoms with Gasteiger partial charge >= 0.3 is 0 Å². The minimum absolute atomic E-state index is 0. The van der Waals surface area contributed by atoms with Gasteiger partial charge in [0.25, 0.3) is 0 Å². The number of fused-ring (bicyclic) bond motifs is 1. The first kappa shape index (κ1) is 20.4. The van der Waals surface area contributed by atoms with E-state index in [4.69, 9.17) is 9.73 Å². The van der Waals surface area contributed by atoms with Crippen LogP contribution in [0.15, 0.2) is 53.5 Å². The third kappa shape index (κ3) is 4.36. The predicted molar refractivity (Wildman–Crippen MR) is 114 cm³/mol. The van der Waals surface area contributed by atoms with E-state index in [-0.39, 0.29) is 26.8 Å². The molecule has 2 aliphatic rings. The fourth-order valence-electron chi connectivity index (χ4n) is 4.04. The third-order valence-electron chi connectivity index (χ3n) is 5.50. The average Bonchev–Trinajstić information content (AvgIpc) is 3.41. The summed E-state index contributed by atoms with van der Waals surface area (Å²) in [5.74, 6) is 3.01. The van der Waals surface area contributed by atoms with E-state index in [9.17, 15) is 5.11 Å². The predicted octanol–water partition coefficient (Wildman–Crippen LogP) is 5.58. The van der Waals surface area contributed by atoms with E-state index in [1.807, 2.05) is 42.1 Å². The summed E-state index contributed by atoms with van der Waals surface area (Å²) >= 11 is 1.82. The normalized spacial score (nSPS) is 19.2. The molecule has 0 spiro atoms. The van der Waals surface area contributed by atoms with E-state index in [0.717, 1.165) is 27.7 Å². The molecule has 152 valence electrons. The maximum atomic E-state index is 10.0. The van der Waals surface area contributed by atoms with Gasteiger partial charge in [0, 0.05) is 49.1 Å². The van der Waals surface area contributed by atoms with Crippen molar-refractivity contribution in [1.29, 1.82) is 0 Å². The van der Waals surface area contributed by atoms with Crippen LogP contribution in [0.5, 0.6) is 17.4 Å². The fraction of sp³-hybridized carbons (Fsp3) is 0.304. The summed E-state index contributed by atoms with van der Waals surface area (Å²) in [6, 6.07) is 18.7. The van der Waals surface area contributed by atoms with Gasteiger partial charge in [-0.1, -0.05) is 31.0 Å². The van der Waals surface area contributed by atoms with Gasteiger partial charge in [-0.2, -0.15) is 11.8 Å². The van der Waals surface area contributed by atoms with E-state index in [1.54, 1.807) is 18.2 Å². The Balaban J connectivity index is 0.00000205. The van der Waals surface area contributed by atoms with Gasteiger partial charge in [-0.25, -0.2) is 4.98 Å². The number of phenols is 1. The second-order valence-corrected chi connectivity index (χ2v) is 8.39. The molecular weight excluding hydrogens is 563 g/mol. The first-order valence-electron chi connectivity index (χ1n) is 9.76. The summed E-state index contributed by atoms with van der Waals surface area (Å²) in [7, 11) is 0. The topological polar surface area (TPSA) is 54.7 Å². The Bertz CT molecular complexity index is 1050. The zero-order valence-corrected chi connectivity index (χ0v) is 18.9. The van der Waals surface area contributed by atoms with Gasteiger partial charge in [0.05, 0.1) is 6.04 Å². The number of hydrogen-bond donors (Lipinski definition) is 1. The van der Waals surface area contributed by atoms with Crippen molar-refractivity contribution in [3.63, 3.8) is 0 Å². The minimum Gasteiger partial charge on any atom is -0.506 e. The molecule has 6 heteroatoms. The molecule has 3 aromatic rings. The molecule has 0 amide bonds. The molecule has 0 radical (unpaired) electrons. The number of phenolic OH excluding ortho intramolecular Hbond substituents is 1. The van der Waals surface area contributed by atoms with Crippen molar-refractivity contribution < 1.29 is 30.9 Å². The maximum absolute atomic E-state index is 10.0.